The van der Waals surface area contributed by atoms with Crippen molar-refractivity contribution in [1.29, 1.82) is 0 Å². The van der Waals surface area contributed by atoms with Gasteiger partial charge in [0.1, 0.15) is 9.77 Å². The molecule has 0 radical (unpaired) electrons. The van der Waals surface area contributed by atoms with Crippen molar-refractivity contribution in [1.82, 2.24) is 4.72 Å². The van der Waals surface area contributed by atoms with Gasteiger partial charge in [-0.15, -0.1) is 11.3 Å². The molecule has 0 amide bonds. The van der Waals surface area contributed by atoms with Gasteiger partial charge in [-0.05, 0) is 24.3 Å². The molecule has 6 nitrogen and oxygen atoms in total. The lowest BCUT2D eigenvalue weighted by Gasteiger charge is -2.22. The molecule has 1 aromatic rings. The van der Waals surface area contributed by atoms with Crippen molar-refractivity contribution >= 4 is 27.3 Å². The number of sulfonamides is 1. The number of ether oxygens (including phenoxy) is 1. The van der Waals surface area contributed by atoms with E-state index in [1.807, 2.05) is 0 Å². The summed E-state index contributed by atoms with van der Waals surface area (Å²) < 4.78 is 31.4. The predicted molar refractivity (Wildman–Crippen MR) is 74.3 cm³/mol. The minimum Gasteiger partial charge on any atom is -0.465 e. The van der Waals surface area contributed by atoms with Gasteiger partial charge in [0.25, 0.3) is 0 Å². The summed E-state index contributed by atoms with van der Waals surface area (Å²) in [4.78, 5) is 11.5. The fraction of sp³-hybridized carbons (Fsp3) is 0.583. The number of thiophene rings is 1. The Morgan fingerprint density at radius 1 is 1.50 bits per heavy atom. The highest BCUT2D eigenvalue weighted by molar-refractivity contribution is 7.89. The third kappa shape index (κ3) is 3.20. The number of aliphatic hydroxyl groups is 1. The van der Waals surface area contributed by atoms with Crippen LogP contribution in [0.3, 0.4) is 0 Å². The van der Waals surface area contributed by atoms with Crippen LogP contribution in [0.1, 0.15) is 35.4 Å². The second kappa shape index (κ2) is 5.80. The molecule has 20 heavy (non-hydrogen) atoms. The highest BCUT2D eigenvalue weighted by Crippen LogP contribution is 2.29. The minimum atomic E-state index is -3.83. The SMILES string of the molecule is COC(=O)c1sccc1S(=O)(=O)NCC1(O)CCCC1. The van der Waals surface area contributed by atoms with Crippen molar-refractivity contribution in [2.45, 2.75) is 36.2 Å². The fourth-order valence-electron chi connectivity index (χ4n) is 2.27. The topological polar surface area (TPSA) is 92.7 Å². The summed E-state index contributed by atoms with van der Waals surface area (Å²) in [5.74, 6) is -0.681. The van der Waals surface area contributed by atoms with Crippen LogP contribution in [0.5, 0.6) is 0 Å². The lowest BCUT2D eigenvalue weighted by atomic mass is 10.0. The summed E-state index contributed by atoms with van der Waals surface area (Å²) in [5.41, 5.74) is -0.978. The van der Waals surface area contributed by atoms with Gasteiger partial charge >= 0.3 is 5.97 Å². The van der Waals surface area contributed by atoms with Gasteiger partial charge in [0.05, 0.1) is 12.7 Å². The summed E-state index contributed by atoms with van der Waals surface area (Å²) in [6.07, 6.45) is 2.96. The van der Waals surface area contributed by atoms with Crippen molar-refractivity contribution in [3.8, 4) is 0 Å². The molecule has 8 heteroatoms. The zero-order valence-corrected chi connectivity index (χ0v) is 12.7. The first kappa shape index (κ1) is 15.4. The summed E-state index contributed by atoms with van der Waals surface area (Å²) in [7, 11) is -2.63. The largest absolute Gasteiger partial charge is 0.465 e. The molecule has 0 bridgehead atoms. The van der Waals surface area contributed by atoms with E-state index >= 15 is 0 Å². The highest BCUT2D eigenvalue weighted by atomic mass is 32.2. The van der Waals surface area contributed by atoms with Crippen LogP contribution in [0.4, 0.5) is 0 Å². The van der Waals surface area contributed by atoms with Crippen LogP contribution < -0.4 is 4.72 Å². The molecule has 2 rings (SSSR count). The molecule has 0 spiro atoms. The lowest BCUT2D eigenvalue weighted by molar-refractivity contribution is 0.0532. The molecule has 1 heterocycles. The Morgan fingerprint density at radius 2 is 2.15 bits per heavy atom. The Labute approximate surface area is 121 Å². The van der Waals surface area contributed by atoms with E-state index in [1.165, 1.54) is 18.6 Å². The van der Waals surface area contributed by atoms with Crippen LogP contribution >= 0.6 is 11.3 Å². The van der Waals surface area contributed by atoms with E-state index in [0.717, 1.165) is 24.2 Å². The summed E-state index contributed by atoms with van der Waals surface area (Å²) in [6, 6.07) is 1.36. The molecule has 1 aromatic heterocycles. The fourth-order valence-corrected chi connectivity index (χ4v) is 4.72. The van der Waals surface area contributed by atoms with E-state index in [1.54, 1.807) is 0 Å². The van der Waals surface area contributed by atoms with E-state index in [9.17, 15) is 18.3 Å². The quantitative estimate of drug-likeness (QED) is 0.793. The first-order valence-corrected chi connectivity index (χ1v) is 8.62. The molecule has 2 N–H and O–H groups in total. The van der Waals surface area contributed by atoms with Gasteiger partial charge in [0.2, 0.25) is 10.0 Å². The van der Waals surface area contributed by atoms with E-state index in [2.05, 4.69) is 9.46 Å². The Balaban J connectivity index is 2.14. The van der Waals surface area contributed by atoms with Crippen LogP contribution in [0.2, 0.25) is 0 Å². The molecular formula is C12H17NO5S2. The molecule has 0 unspecified atom stereocenters. The van der Waals surface area contributed by atoms with Crippen LogP contribution in [-0.4, -0.2) is 38.7 Å². The van der Waals surface area contributed by atoms with Crippen molar-refractivity contribution in [3.05, 3.63) is 16.3 Å². The molecule has 1 aliphatic rings. The summed E-state index contributed by atoms with van der Waals surface area (Å²) in [5, 5.41) is 11.7. The van der Waals surface area contributed by atoms with Gasteiger partial charge in [-0.2, -0.15) is 0 Å². The van der Waals surface area contributed by atoms with Crippen molar-refractivity contribution in [3.63, 3.8) is 0 Å². The zero-order chi connectivity index (χ0) is 14.8. The summed E-state index contributed by atoms with van der Waals surface area (Å²) >= 11 is 1.01. The average Bonchev–Trinajstić information content (AvgIpc) is 3.05. The lowest BCUT2D eigenvalue weighted by Crippen LogP contribution is -2.40. The minimum absolute atomic E-state index is 0.0359. The van der Waals surface area contributed by atoms with Gasteiger partial charge in [-0.25, -0.2) is 17.9 Å². The van der Waals surface area contributed by atoms with Gasteiger partial charge in [0.15, 0.2) is 0 Å². The number of carbonyl (C=O) groups is 1. The Bertz CT molecular complexity index is 587. The zero-order valence-electron chi connectivity index (χ0n) is 11.1. The van der Waals surface area contributed by atoms with E-state index in [4.69, 9.17) is 0 Å². The van der Waals surface area contributed by atoms with Crippen molar-refractivity contribution in [2.24, 2.45) is 0 Å². The number of hydrogen-bond acceptors (Lipinski definition) is 6. The van der Waals surface area contributed by atoms with Crippen LogP contribution in [-0.2, 0) is 14.8 Å². The molecule has 112 valence electrons. The van der Waals surface area contributed by atoms with Crippen molar-refractivity contribution < 1.29 is 23.1 Å². The molecule has 1 fully saturated rings. The smallest absolute Gasteiger partial charge is 0.349 e. The monoisotopic (exact) mass is 319 g/mol. The molecular weight excluding hydrogens is 302 g/mol. The second-order valence-electron chi connectivity index (χ2n) is 4.86. The van der Waals surface area contributed by atoms with Gasteiger partial charge < -0.3 is 9.84 Å². The number of nitrogens with one attached hydrogen (secondary N) is 1. The molecule has 0 aromatic carbocycles. The molecule has 1 saturated carbocycles. The molecule has 0 atom stereocenters. The number of esters is 1. The maximum atomic E-state index is 12.2. The number of rotatable bonds is 5. The van der Waals surface area contributed by atoms with E-state index < -0.39 is 21.6 Å². The standard InChI is InChI=1S/C12H17NO5S2/c1-18-11(14)10-9(4-7-19-10)20(16,17)13-8-12(15)5-2-3-6-12/h4,7,13,15H,2-3,5-6,8H2,1H3. The van der Waals surface area contributed by atoms with Crippen LogP contribution in [0.25, 0.3) is 0 Å². The molecule has 1 aliphatic carbocycles. The van der Waals surface area contributed by atoms with E-state index in [-0.39, 0.29) is 16.3 Å². The molecule has 0 saturated heterocycles. The first-order valence-electron chi connectivity index (χ1n) is 6.26. The normalized spacial score (nSPS) is 18.1. The third-order valence-electron chi connectivity index (χ3n) is 3.41. The third-order valence-corrected chi connectivity index (χ3v) is 5.88. The number of methoxy groups -OCH3 is 1. The first-order chi connectivity index (χ1) is 9.38. The molecule has 0 aliphatic heterocycles. The van der Waals surface area contributed by atoms with Gasteiger partial charge in [-0.3, -0.25) is 0 Å². The van der Waals surface area contributed by atoms with Gasteiger partial charge in [-0.1, -0.05) is 12.8 Å². The van der Waals surface area contributed by atoms with Gasteiger partial charge in [0, 0.05) is 6.54 Å². The van der Waals surface area contributed by atoms with E-state index in [0.29, 0.717) is 12.8 Å². The van der Waals surface area contributed by atoms with Crippen molar-refractivity contribution in [2.75, 3.05) is 13.7 Å². The Kier molecular flexibility index (Phi) is 4.48. The summed E-state index contributed by atoms with van der Waals surface area (Å²) in [6.45, 7) is -0.0359. The maximum Gasteiger partial charge on any atom is 0.349 e. The predicted octanol–water partition coefficient (Wildman–Crippen LogP) is 1.12. The van der Waals surface area contributed by atoms with Crippen LogP contribution in [0, 0.1) is 0 Å². The Hall–Kier alpha value is -0.960. The number of hydrogen-bond donors (Lipinski definition) is 2. The number of carbonyl (C=O) groups excluding carboxylic acids is 1. The maximum absolute atomic E-state index is 12.2. The second-order valence-corrected chi connectivity index (χ2v) is 7.51. The Morgan fingerprint density at radius 3 is 2.75 bits per heavy atom. The van der Waals surface area contributed by atoms with Crippen LogP contribution in [0.15, 0.2) is 16.3 Å². The highest BCUT2D eigenvalue weighted by Gasteiger charge is 2.33. The average molecular weight is 319 g/mol.